The number of aryl methyl sites for hydroxylation is 1. The first-order chi connectivity index (χ1) is 7.20. The van der Waals surface area contributed by atoms with Crippen LogP contribution in [0.25, 0.3) is 10.6 Å². The van der Waals surface area contributed by atoms with Gasteiger partial charge in [-0.15, -0.1) is 21.8 Å². The van der Waals surface area contributed by atoms with E-state index in [-0.39, 0.29) is 0 Å². The Morgan fingerprint density at radius 3 is 2.73 bits per heavy atom. The molecule has 0 spiro atoms. The van der Waals surface area contributed by atoms with Crippen LogP contribution in [0.4, 0.5) is 0 Å². The van der Waals surface area contributed by atoms with E-state index in [1.54, 1.807) is 0 Å². The van der Waals surface area contributed by atoms with Gasteiger partial charge in [0.05, 0.1) is 5.88 Å². The van der Waals surface area contributed by atoms with Crippen LogP contribution < -0.4 is 0 Å². The van der Waals surface area contributed by atoms with Crippen molar-refractivity contribution in [3.05, 3.63) is 33.8 Å². The quantitative estimate of drug-likeness (QED) is 0.764. The van der Waals surface area contributed by atoms with Crippen molar-refractivity contribution in [3.63, 3.8) is 0 Å². The minimum Gasteiger partial charge on any atom is -0.142 e. The van der Waals surface area contributed by atoms with Gasteiger partial charge >= 0.3 is 0 Å². The van der Waals surface area contributed by atoms with Gasteiger partial charge in [0.25, 0.3) is 0 Å². The molecule has 0 aliphatic carbocycles. The predicted molar refractivity (Wildman–Crippen MR) is 64.6 cm³/mol. The van der Waals surface area contributed by atoms with E-state index in [0.29, 0.717) is 5.88 Å². The zero-order valence-corrected chi connectivity index (χ0v) is 10.3. The summed E-state index contributed by atoms with van der Waals surface area (Å²) in [5.74, 6) is 0.407. The second-order valence-electron chi connectivity index (χ2n) is 3.10. The van der Waals surface area contributed by atoms with Crippen molar-refractivity contribution in [2.45, 2.75) is 12.8 Å². The van der Waals surface area contributed by atoms with E-state index in [0.717, 1.165) is 26.2 Å². The third kappa shape index (κ3) is 2.30. The molecule has 0 atom stereocenters. The normalized spacial score (nSPS) is 10.6. The van der Waals surface area contributed by atoms with Crippen LogP contribution in [0.5, 0.6) is 0 Å². The lowest BCUT2D eigenvalue weighted by molar-refractivity contribution is 1.04. The van der Waals surface area contributed by atoms with Gasteiger partial charge in [-0.1, -0.05) is 29.0 Å². The highest BCUT2D eigenvalue weighted by Crippen LogP contribution is 2.27. The van der Waals surface area contributed by atoms with Gasteiger partial charge in [0, 0.05) is 10.6 Å². The van der Waals surface area contributed by atoms with Gasteiger partial charge in [0.15, 0.2) is 0 Å². The van der Waals surface area contributed by atoms with E-state index in [9.17, 15) is 0 Å². The molecule has 78 valence electrons. The summed E-state index contributed by atoms with van der Waals surface area (Å²) in [6.07, 6.45) is 0. The maximum absolute atomic E-state index is 5.95. The van der Waals surface area contributed by atoms with Crippen molar-refractivity contribution < 1.29 is 0 Å². The number of alkyl halides is 1. The molecule has 1 heterocycles. The molecule has 0 aliphatic heterocycles. The minimum atomic E-state index is 0.407. The summed E-state index contributed by atoms with van der Waals surface area (Å²) in [5, 5.41) is 10.5. The van der Waals surface area contributed by atoms with Crippen molar-refractivity contribution in [2.24, 2.45) is 0 Å². The van der Waals surface area contributed by atoms with Crippen LogP contribution in [-0.4, -0.2) is 10.2 Å². The molecule has 0 amide bonds. The first-order valence-electron chi connectivity index (χ1n) is 4.35. The van der Waals surface area contributed by atoms with E-state index in [1.165, 1.54) is 11.3 Å². The summed E-state index contributed by atoms with van der Waals surface area (Å²) in [6, 6.07) is 5.81. The molecule has 2 nitrogen and oxygen atoms in total. The lowest BCUT2D eigenvalue weighted by Crippen LogP contribution is -1.80. The molecule has 0 bridgehead atoms. The molecule has 1 aromatic heterocycles. The first-order valence-corrected chi connectivity index (χ1v) is 6.08. The van der Waals surface area contributed by atoms with Gasteiger partial charge in [0.2, 0.25) is 0 Å². The van der Waals surface area contributed by atoms with Gasteiger partial charge in [-0.05, 0) is 24.6 Å². The number of hydrogen-bond acceptors (Lipinski definition) is 3. The topological polar surface area (TPSA) is 25.8 Å². The second kappa shape index (κ2) is 4.47. The molecule has 0 N–H and O–H groups in total. The van der Waals surface area contributed by atoms with E-state index >= 15 is 0 Å². The number of aromatic nitrogens is 2. The molecule has 0 aliphatic rings. The number of rotatable bonds is 2. The van der Waals surface area contributed by atoms with E-state index < -0.39 is 0 Å². The fraction of sp³-hybridized carbons (Fsp3) is 0.200. The number of benzene rings is 1. The zero-order chi connectivity index (χ0) is 10.8. The van der Waals surface area contributed by atoms with Crippen LogP contribution in [0.15, 0.2) is 18.2 Å². The van der Waals surface area contributed by atoms with E-state index in [1.807, 2.05) is 25.1 Å². The Hall–Kier alpha value is -0.640. The highest BCUT2D eigenvalue weighted by Gasteiger charge is 2.06. The molecule has 0 fully saturated rings. The molecule has 0 saturated carbocycles. The Bertz CT molecular complexity index is 482. The largest absolute Gasteiger partial charge is 0.147 e. The summed E-state index contributed by atoms with van der Waals surface area (Å²) < 4.78 is 0. The molecule has 2 rings (SSSR count). The average molecular weight is 259 g/mol. The summed E-state index contributed by atoms with van der Waals surface area (Å²) in [7, 11) is 0. The van der Waals surface area contributed by atoms with Crippen molar-refractivity contribution >= 4 is 34.5 Å². The third-order valence-corrected chi connectivity index (χ3v) is 3.79. The van der Waals surface area contributed by atoms with E-state index in [2.05, 4.69) is 10.2 Å². The maximum atomic E-state index is 5.95. The minimum absolute atomic E-state index is 0.407. The van der Waals surface area contributed by atoms with Crippen LogP contribution in [0.1, 0.15) is 10.6 Å². The number of nitrogens with zero attached hydrogens (tertiary/aromatic N) is 2. The van der Waals surface area contributed by atoms with Gasteiger partial charge in [-0.25, -0.2) is 0 Å². The van der Waals surface area contributed by atoms with Gasteiger partial charge in [-0.2, -0.15) is 0 Å². The summed E-state index contributed by atoms with van der Waals surface area (Å²) in [6.45, 7) is 1.97. The Labute approximate surface area is 102 Å². The monoisotopic (exact) mass is 258 g/mol. The highest BCUT2D eigenvalue weighted by atomic mass is 35.5. The number of hydrogen-bond donors (Lipinski definition) is 0. The van der Waals surface area contributed by atoms with Crippen molar-refractivity contribution in [2.75, 3.05) is 0 Å². The Morgan fingerprint density at radius 2 is 2.13 bits per heavy atom. The molecule has 0 saturated heterocycles. The summed E-state index contributed by atoms with van der Waals surface area (Å²) >= 11 is 13.1. The molecular weight excluding hydrogens is 251 g/mol. The molecule has 0 radical (unpaired) electrons. The zero-order valence-electron chi connectivity index (χ0n) is 8.00. The fourth-order valence-corrected chi connectivity index (χ4v) is 2.22. The Kier molecular flexibility index (Phi) is 3.24. The molecule has 2 aromatic rings. The lowest BCUT2D eigenvalue weighted by atomic mass is 10.1. The molecule has 1 aromatic carbocycles. The predicted octanol–water partition coefficient (Wildman–Crippen LogP) is 3.91. The Morgan fingerprint density at radius 1 is 1.33 bits per heavy atom. The van der Waals surface area contributed by atoms with Crippen molar-refractivity contribution in [1.29, 1.82) is 0 Å². The molecule has 0 unspecified atom stereocenters. The van der Waals surface area contributed by atoms with Crippen LogP contribution in [0.2, 0.25) is 5.02 Å². The van der Waals surface area contributed by atoms with Crippen LogP contribution in [0, 0.1) is 6.92 Å². The second-order valence-corrected chi connectivity index (χ2v) is 4.84. The van der Waals surface area contributed by atoms with Crippen LogP contribution in [-0.2, 0) is 5.88 Å². The summed E-state index contributed by atoms with van der Waals surface area (Å²) in [5.41, 5.74) is 2.07. The smallest absolute Gasteiger partial charge is 0.142 e. The fourth-order valence-electron chi connectivity index (χ4n) is 1.20. The molecular formula is C10H8Cl2N2S. The first kappa shape index (κ1) is 10.9. The highest BCUT2D eigenvalue weighted by molar-refractivity contribution is 7.14. The Balaban J connectivity index is 2.40. The van der Waals surface area contributed by atoms with Gasteiger partial charge in [0.1, 0.15) is 10.0 Å². The molecule has 15 heavy (non-hydrogen) atoms. The van der Waals surface area contributed by atoms with Gasteiger partial charge < -0.3 is 0 Å². The lowest BCUT2D eigenvalue weighted by Gasteiger charge is -1.99. The standard InChI is InChI=1S/C10H8Cl2N2S/c1-6-4-7(2-3-8(6)12)10-14-13-9(5-11)15-10/h2-4H,5H2,1H3. The maximum Gasteiger partial charge on any atom is 0.147 e. The van der Waals surface area contributed by atoms with Gasteiger partial charge in [-0.3, -0.25) is 0 Å². The summed E-state index contributed by atoms with van der Waals surface area (Å²) in [4.78, 5) is 0. The number of halogens is 2. The molecule has 5 heteroatoms. The van der Waals surface area contributed by atoms with Crippen LogP contribution in [0.3, 0.4) is 0 Å². The van der Waals surface area contributed by atoms with Crippen molar-refractivity contribution in [3.8, 4) is 10.6 Å². The van der Waals surface area contributed by atoms with Crippen LogP contribution >= 0.6 is 34.5 Å². The average Bonchev–Trinajstić information content (AvgIpc) is 2.70. The third-order valence-electron chi connectivity index (χ3n) is 1.99. The SMILES string of the molecule is Cc1cc(-c2nnc(CCl)s2)ccc1Cl. The van der Waals surface area contributed by atoms with E-state index in [4.69, 9.17) is 23.2 Å². The van der Waals surface area contributed by atoms with Crippen molar-refractivity contribution in [1.82, 2.24) is 10.2 Å².